The molecule has 0 fully saturated rings. The minimum absolute atomic E-state index is 0.100. The van der Waals surface area contributed by atoms with E-state index in [0.717, 1.165) is 0 Å². The molecule has 2 aromatic carbocycles. The Bertz CT molecular complexity index is 785. The van der Waals surface area contributed by atoms with Crippen molar-refractivity contribution in [3.63, 3.8) is 0 Å². The van der Waals surface area contributed by atoms with E-state index in [-0.39, 0.29) is 25.5 Å². The van der Waals surface area contributed by atoms with Crippen LogP contribution in [-0.4, -0.2) is 51.4 Å². The number of carboxylic acids is 1. The number of para-hydroxylation sites is 1. The summed E-state index contributed by atoms with van der Waals surface area (Å²) in [5, 5.41) is 11.9. The summed E-state index contributed by atoms with van der Waals surface area (Å²) in [4.78, 5) is 25.1. The fourth-order valence-electron chi connectivity index (χ4n) is 2.71. The first-order valence-corrected chi connectivity index (χ1v) is 8.55. The number of carbonyl (C=O) groups is 2. The van der Waals surface area contributed by atoms with Gasteiger partial charge >= 0.3 is 5.97 Å². The van der Waals surface area contributed by atoms with Crippen LogP contribution in [0.4, 0.5) is 5.69 Å². The van der Waals surface area contributed by atoms with Gasteiger partial charge in [-0.3, -0.25) is 9.59 Å². The van der Waals surface area contributed by atoms with Gasteiger partial charge < -0.3 is 29.5 Å². The Kier molecular flexibility index (Phi) is 7.50. The molecule has 0 atom stereocenters. The molecule has 8 heteroatoms. The molecule has 1 amide bonds. The number of nitrogens with zero attached hydrogens (tertiary/aromatic N) is 1. The standard InChI is InChI=1S/C20H24N2O6/c1-26-15-9-17(27-2)16(18(10-15)28-3)11-21-19(23)12-22(13-20(24)25)14-7-5-4-6-8-14/h4-10H,11-13H2,1-3H3,(H,21,23)(H,24,25). The van der Waals surface area contributed by atoms with E-state index >= 15 is 0 Å². The van der Waals surface area contributed by atoms with Crippen molar-refractivity contribution in [1.29, 1.82) is 0 Å². The molecule has 2 rings (SSSR count). The van der Waals surface area contributed by atoms with Crippen LogP contribution in [0, 0.1) is 0 Å². The van der Waals surface area contributed by atoms with Gasteiger partial charge in [-0.2, -0.15) is 0 Å². The largest absolute Gasteiger partial charge is 0.496 e. The van der Waals surface area contributed by atoms with Crippen molar-refractivity contribution in [2.45, 2.75) is 6.54 Å². The molecule has 0 heterocycles. The quantitative estimate of drug-likeness (QED) is 0.642. The fraction of sp³-hybridized carbons (Fsp3) is 0.300. The summed E-state index contributed by atoms with van der Waals surface area (Å²) in [6.07, 6.45) is 0. The number of benzene rings is 2. The summed E-state index contributed by atoms with van der Waals surface area (Å²) in [7, 11) is 4.57. The molecule has 0 bridgehead atoms. The average Bonchev–Trinajstić information content (AvgIpc) is 2.71. The van der Waals surface area contributed by atoms with Crippen LogP contribution in [0.25, 0.3) is 0 Å². The van der Waals surface area contributed by atoms with E-state index in [2.05, 4.69) is 5.32 Å². The van der Waals surface area contributed by atoms with Gasteiger partial charge in [0.05, 0.1) is 40.0 Å². The molecule has 0 saturated carbocycles. The Morgan fingerprint density at radius 2 is 1.57 bits per heavy atom. The van der Waals surface area contributed by atoms with Crippen LogP contribution in [-0.2, 0) is 16.1 Å². The van der Waals surface area contributed by atoms with E-state index in [1.165, 1.54) is 26.2 Å². The van der Waals surface area contributed by atoms with Crippen molar-refractivity contribution in [3.8, 4) is 17.2 Å². The molecule has 28 heavy (non-hydrogen) atoms. The molecule has 0 aliphatic rings. The summed E-state index contributed by atoms with van der Waals surface area (Å²) >= 11 is 0. The van der Waals surface area contributed by atoms with E-state index in [4.69, 9.17) is 19.3 Å². The van der Waals surface area contributed by atoms with Crippen LogP contribution in [0.3, 0.4) is 0 Å². The highest BCUT2D eigenvalue weighted by Crippen LogP contribution is 2.33. The maximum atomic E-state index is 12.5. The van der Waals surface area contributed by atoms with Crippen molar-refractivity contribution < 1.29 is 28.9 Å². The molecule has 150 valence electrons. The zero-order valence-corrected chi connectivity index (χ0v) is 16.1. The number of carbonyl (C=O) groups excluding carboxylic acids is 1. The number of amides is 1. The Balaban J connectivity index is 2.11. The molecule has 0 spiro atoms. The number of anilines is 1. The van der Waals surface area contributed by atoms with E-state index in [1.807, 2.05) is 6.07 Å². The van der Waals surface area contributed by atoms with Crippen molar-refractivity contribution in [1.82, 2.24) is 5.32 Å². The van der Waals surface area contributed by atoms with Gasteiger partial charge in [-0.25, -0.2) is 0 Å². The lowest BCUT2D eigenvalue weighted by Gasteiger charge is -2.22. The lowest BCUT2D eigenvalue weighted by molar-refractivity contribution is -0.135. The summed E-state index contributed by atoms with van der Waals surface area (Å²) in [5.41, 5.74) is 1.31. The SMILES string of the molecule is COc1cc(OC)c(CNC(=O)CN(CC(=O)O)c2ccccc2)c(OC)c1. The van der Waals surface area contributed by atoms with Crippen LogP contribution in [0.2, 0.25) is 0 Å². The molecule has 2 N–H and O–H groups in total. The van der Waals surface area contributed by atoms with Crippen molar-refractivity contribution in [2.75, 3.05) is 39.3 Å². The van der Waals surface area contributed by atoms with Gasteiger partial charge in [-0.15, -0.1) is 0 Å². The smallest absolute Gasteiger partial charge is 0.323 e. The maximum absolute atomic E-state index is 12.5. The number of methoxy groups -OCH3 is 3. The Hall–Kier alpha value is -3.42. The van der Waals surface area contributed by atoms with E-state index in [9.17, 15) is 9.59 Å². The zero-order valence-electron chi connectivity index (χ0n) is 16.1. The number of nitrogens with one attached hydrogen (secondary N) is 1. The van der Waals surface area contributed by atoms with E-state index in [0.29, 0.717) is 28.5 Å². The van der Waals surface area contributed by atoms with Crippen LogP contribution >= 0.6 is 0 Å². The number of ether oxygens (including phenoxy) is 3. The maximum Gasteiger partial charge on any atom is 0.323 e. The number of hydrogen-bond donors (Lipinski definition) is 2. The van der Waals surface area contributed by atoms with Gasteiger partial charge in [0, 0.05) is 17.8 Å². The number of hydrogen-bond acceptors (Lipinski definition) is 6. The predicted octanol–water partition coefficient (Wildman–Crippen LogP) is 1.92. The van der Waals surface area contributed by atoms with Crippen molar-refractivity contribution in [2.24, 2.45) is 0 Å². The first-order chi connectivity index (χ1) is 13.5. The third-order valence-electron chi connectivity index (χ3n) is 4.06. The fourth-order valence-corrected chi connectivity index (χ4v) is 2.71. The van der Waals surface area contributed by atoms with Gasteiger partial charge in [0.2, 0.25) is 5.91 Å². The molecule has 0 saturated heterocycles. The van der Waals surface area contributed by atoms with Crippen LogP contribution < -0.4 is 24.4 Å². The highest BCUT2D eigenvalue weighted by molar-refractivity contribution is 5.84. The lowest BCUT2D eigenvalue weighted by Crippen LogP contribution is -2.39. The summed E-state index contributed by atoms with van der Waals surface area (Å²) in [5.74, 6) is 0.254. The lowest BCUT2D eigenvalue weighted by atomic mass is 10.1. The highest BCUT2D eigenvalue weighted by Gasteiger charge is 2.17. The Morgan fingerprint density at radius 1 is 0.964 bits per heavy atom. The van der Waals surface area contributed by atoms with Crippen LogP contribution in [0.15, 0.2) is 42.5 Å². The zero-order chi connectivity index (χ0) is 20.5. The van der Waals surface area contributed by atoms with Gasteiger partial charge in [-0.1, -0.05) is 18.2 Å². The van der Waals surface area contributed by atoms with Crippen molar-refractivity contribution >= 4 is 17.6 Å². The van der Waals surface area contributed by atoms with Crippen LogP contribution in [0.1, 0.15) is 5.56 Å². The Morgan fingerprint density at radius 3 is 2.07 bits per heavy atom. The first-order valence-electron chi connectivity index (χ1n) is 8.55. The second-order valence-corrected chi connectivity index (χ2v) is 5.87. The normalized spacial score (nSPS) is 10.1. The first kappa shape index (κ1) is 20.9. The third-order valence-corrected chi connectivity index (χ3v) is 4.06. The van der Waals surface area contributed by atoms with E-state index < -0.39 is 5.97 Å². The third kappa shape index (κ3) is 5.54. The summed E-state index contributed by atoms with van der Waals surface area (Å²) in [6, 6.07) is 12.3. The molecular formula is C20H24N2O6. The highest BCUT2D eigenvalue weighted by atomic mass is 16.5. The summed E-state index contributed by atoms with van der Waals surface area (Å²) < 4.78 is 15.9. The molecule has 0 radical (unpaired) electrons. The topological polar surface area (TPSA) is 97.3 Å². The van der Waals surface area contributed by atoms with Crippen LogP contribution in [0.5, 0.6) is 17.2 Å². The Labute approximate surface area is 163 Å². The monoisotopic (exact) mass is 388 g/mol. The molecule has 2 aromatic rings. The molecular weight excluding hydrogens is 364 g/mol. The number of aliphatic carboxylic acids is 1. The number of carboxylic acid groups (broad SMARTS) is 1. The molecule has 8 nitrogen and oxygen atoms in total. The van der Waals surface area contributed by atoms with Gasteiger partial charge in [-0.05, 0) is 12.1 Å². The van der Waals surface area contributed by atoms with Gasteiger partial charge in [0.1, 0.15) is 23.8 Å². The summed E-state index contributed by atoms with van der Waals surface area (Å²) in [6.45, 7) is -0.228. The van der Waals surface area contributed by atoms with Gasteiger partial charge in [0.15, 0.2) is 0 Å². The predicted molar refractivity (Wildman–Crippen MR) is 104 cm³/mol. The molecule has 0 aliphatic carbocycles. The molecule has 0 unspecified atom stereocenters. The van der Waals surface area contributed by atoms with Crippen molar-refractivity contribution in [3.05, 3.63) is 48.0 Å². The molecule has 0 aliphatic heterocycles. The molecule has 0 aromatic heterocycles. The minimum atomic E-state index is -1.02. The second-order valence-electron chi connectivity index (χ2n) is 5.87. The second kappa shape index (κ2) is 10.1. The minimum Gasteiger partial charge on any atom is -0.496 e. The van der Waals surface area contributed by atoms with E-state index in [1.54, 1.807) is 36.4 Å². The number of rotatable bonds is 10. The van der Waals surface area contributed by atoms with Gasteiger partial charge in [0.25, 0.3) is 0 Å². The average molecular weight is 388 g/mol.